The van der Waals surface area contributed by atoms with Crippen molar-refractivity contribution < 1.29 is 4.79 Å². The number of nitrogens with zero attached hydrogens (tertiary/aromatic N) is 4. The van der Waals surface area contributed by atoms with Gasteiger partial charge in [-0.3, -0.25) is 4.79 Å². The van der Waals surface area contributed by atoms with E-state index in [-0.39, 0.29) is 11.8 Å². The first-order chi connectivity index (χ1) is 8.29. The minimum Gasteiger partial charge on any atom is -0.338 e. The van der Waals surface area contributed by atoms with Crippen LogP contribution < -0.4 is 0 Å². The Balaban J connectivity index is 1.94. The molecule has 0 N–H and O–H groups in total. The van der Waals surface area contributed by atoms with Crippen molar-refractivity contribution in [1.82, 2.24) is 4.90 Å². The molecule has 1 fully saturated rings. The molecule has 0 aliphatic carbocycles. The van der Waals surface area contributed by atoms with Gasteiger partial charge in [-0.2, -0.15) is 0 Å². The van der Waals surface area contributed by atoms with Crippen LogP contribution >= 0.6 is 0 Å². The molecule has 1 amide bonds. The minimum absolute atomic E-state index is 0.145. The van der Waals surface area contributed by atoms with Gasteiger partial charge in [-0.25, -0.2) is 0 Å². The molecule has 1 atom stereocenters. The summed E-state index contributed by atoms with van der Waals surface area (Å²) in [4.78, 5) is 16.3. The van der Waals surface area contributed by atoms with Gasteiger partial charge < -0.3 is 4.90 Å². The van der Waals surface area contributed by atoms with Crippen molar-refractivity contribution in [2.24, 2.45) is 11.0 Å². The zero-order chi connectivity index (χ0) is 12.1. The maximum absolute atomic E-state index is 11.7. The fourth-order valence-corrected chi connectivity index (χ4v) is 2.08. The summed E-state index contributed by atoms with van der Waals surface area (Å²) < 4.78 is 0. The van der Waals surface area contributed by atoms with Crippen LogP contribution in [0.25, 0.3) is 10.4 Å². The summed E-state index contributed by atoms with van der Waals surface area (Å²) in [6.45, 7) is 1.74. The predicted molar refractivity (Wildman–Crippen MR) is 64.0 cm³/mol. The lowest BCUT2D eigenvalue weighted by atomic mass is 10.1. The van der Waals surface area contributed by atoms with Crippen LogP contribution in [0.5, 0.6) is 0 Å². The summed E-state index contributed by atoms with van der Waals surface area (Å²) in [5.74, 6) is 0.314. The molecule has 1 saturated heterocycles. The molecule has 0 aromatic heterocycles. The molecule has 0 spiro atoms. The van der Waals surface area contributed by atoms with Crippen LogP contribution in [0.1, 0.15) is 12.0 Å². The minimum atomic E-state index is 0.145. The third kappa shape index (κ3) is 2.98. The van der Waals surface area contributed by atoms with Crippen LogP contribution in [0.3, 0.4) is 0 Å². The van der Waals surface area contributed by atoms with E-state index in [1.807, 2.05) is 35.2 Å². The second-order valence-corrected chi connectivity index (χ2v) is 4.24. The van der Waals surface area contributed by atoms with Gasteiger partial charge in [0.05, 0.1) is 0 Å². The first-order valence-corrected chi connectivity index (χ1v) is 5.62. The summed E-state index contributed by atoms with van der Waals surface area (Å²) in [5.41, 5.74) is 9.38. The lowest BCUT2D eigenvalue weighted by Gasteiger charge is -2.16. The molecule has 2 rings (SSSR count). The Bertz CT molecular complexity index is 439. The monoisotopic (exact) mass is 230 g/mol. The van der Waals surface area contributed by atoms with Crippen molar-refractivity contribution in [2.45, 2.75) is 13.0 Å². The quantitative estimate of drug-likeness (QED) is 0.444. The Morgan fingerprint density at radius 1 is 1.41 bits per heavy atom. The molecule has 17 heavy (non-hydrogen) atoms. The third-order valence-corrected chi connectivity index (χ3v) is 2.91. The van der Waals surface area contributed by atoms with Gasteiger partial charge in [-0.1, -0.05) is 35.4 Å². The summed E-state index contributed by atoms with van der Waals surface area (Å²) in [7, 11) is 0. The van der Waals surface area contributed by atoms with Gasteiger partial charge in [0.25, 0.3) is 0 Å². The van der Waals surface area contributed by atoms with Crippen LogP contribution in [0.2, 0.25) is 0 Å². The average molecular weight is 230 g/mol. The van der Waals surface area contributed by atoms with Gasteiger partial charge in [0.2, 0.25) is 5.91 Å². The third-order valence-electron chi connectivity index (χ3n) is 2.91. The largest absolute Gasteiger partial charge is 0.338 e. The highest BCUT2D eigenvalue weighted by atomic mass is 16.2. The van der Waals surface area contributed by atoms with E-state index in [4.69, 9.17) is 5.53 Å². The number of likely N-dealkylation sites (tertiary alicyclic amines) is 1. The molecule has 0 radical (unpaired) electrons. The van der Waals surface area contributed by atoms with Crippen molar-refractivity contribution in [3.05, 3.63) is 46.3 Å². The first-order valence-electron chi connectivity index (χ1n) is 5.62. The van der Waals surface area contributed by atoms with E-state index < -0.39 is 0 Å². The van der Waals surface area contributed by atoms with Gasteiger partial charge in [0, 0.05) is 31.0 Å². The van der Waals surface area contributed by atoms with Crippen LogP contribution in [-0.4, -0.2) is 23.9 Å². The number of hydrogen-bond donors (Lipinski definition) is 0. The molecule has 1 aliphatic rings. The molecule has 1 heterocycles. The van der Waals surface area contributed by atoms with E-state index in [2.05, 4.69) is 10.0 Å². The van der Waals surface area contributed by atoms with Crippen molar-refractivity contribution in [2.75, 3.05) is 13.1 Å². The molecule has 88 valence electrons. The van der Waals surface area contributed by atoms with Gasteiger partial charge in [0.15, 0.2) is 0 Å². The van der Waals surface area contributed by atoms with Crippen LogP contribution in [0, 0.1) is 5.92 Å². The lowest BCUT2D eigenvalue weighted by Crippen LogP contribution is -2.24. The standard InChI is InChI=1S/C12H14N4O/c13-15-14-7-11-6-12(17)16(9-11)8-10-4-2-1-3-5-10/h1-5,11H,6-9H2. The number of azide groups is 1. The number of amides is 1. The molecule has 1 unspecified atom stereocenters. The van der Waals surface area contributed by atoms with Gasteiger partial charge in [-0.05, 0) is 17.0 Å². The van der Waals surface area contributed by atoms with E-state index in [1.54, 1.807) is 0 Å². The molecule has 0 saturated carbocycles. The van der Waals surface area contributed by atoms with Crippen molar-refractivity contribution in [1.29, 1.82) is 0 Å². The van der Waals surface area contributed by atoms with Crippen LogP contribution in [-0.2, 0) is 11.3 Å². The molecule has 5 heteroatoms. The van der Waals surface area contributed by atoms with Gasteiger partial charge in [0.1, 0.15) is 0 Å². The maximum Gasteiger partial charge on any atom is 0.223 e. The second kappa shape index (κ2) is 5.37. The highest BCUT2D eigenvalue weighted by molar-refractivity contribution is 5.78. The topological polar surface area (TPSA) is 69.1 Å². The Hall–Kier alpha value is -2.00. The zero-order valence-electron chi connectivity index (χ0n) is 9.49. The Kier molecular flexibility index (Phi) is 3.62. The summed E-state index contributed by atoms with van der Waals surface area (Å²) in [5, 5.41) is 3.53. The SMILES string of the molecule is [N-]=[N+]=NCC1CC(=O)N(Cc2ccccc2)C1. The van der Waals surface area contributed by atoms with Crippen LogP contribution in [0.4, 0.5) is 0 Å². The summed E-state index contributed by atoms with van der Waals surface area (Å²) >= 11 is 0. The number of hydrogen-bond acceptors (Lipinski definition) is 2. The summed E-state index contributed by atoms with van der Waals surface area (Å²) in [6, 6.07) is 9.91. The second-order valence-electron chi connectivity index (χ2n) is 4.24. The van der Waals surface area contributed by atoms with E-state index in [9.17, 15) is 4.79 Å². The van der Waals surface area contributed by atoms with E-state index in [0.29, 0.717) is 26.1 Å². The fraction of sp³-hybridized carbons (Fsp3) is 0.417. The predicted octanol–water partition coefficient (Wildman–Crippen LogP) is 2.35. The molecule has 1 aromatic carbocycles. The summed E-state index contributed by atoms with van der Waals surface area (Å²) in [6.07, 6.45) is 0.492. The Morgan fingerprint density at radius 2 is 2.18 bits per heavy atom. The van der Waals surface area contributed by atoms with Gasteiger partial charge in [-0.15, -0.1) is 0 Å². The molecular formula is C12H14N4O. The van der Waals surface area contributed by atoms with Gasteiger partial charge >= 0.3 is 0 Å². The highest BCUT2D eigenvalue weighted by Gasteiger charge is 2.28. The maximum atomic E-state index is 11.7. The Morgan fingerprint density at radius 3 is 2.88 bits per heavy atom. The van der Waals surface area contributed by atoms with E-state index in [0.717, 1.165) is 5.56 Å². The lowest BCUT2D eigenvalue weighted by molar-refractivity contribution is -0.128. The van der Waals surface area contributed by atoms with Crippen molar-refractivity contribution >= 4 is 5.91 Å². The van der Waals surface area contributed by atoms with Crippen LogP contribution in [0.15, 0.2) is 35.4 Å². The fourth-order valence-electron chi connectivity index (χ4n) is 2.08. The van der Waals surface area contributed by atoms with Crippen molar-refractivity contribution in [3.8, 4) is 0 Å². The zero-order valence-corrected chi connectivity index (χ0v) is 9.49. The Labute approximate surface area is 99.7 Å². The number of benzene rings is 1. The molecule has 1 aliphatic heterocycles. The van der Waals surface area contributed by atoms with E-state index in [1.165, 1.54) is 0 Å². The smallest absolute Gasteiger partial charge is 0.223 e. The number of carbonyl (C=O) groups excluding carboxylic acids is 1. The van der Waals surface area contributed by atoms with E-state index >= 15 is 0 Å². The number of carbonyl (C=O) groups is 1. The normalized spacial score (nSPS) is 19.2. The molecule has 0 bridgehead atoms. The molecule has 5 nitrogen and oxygen atoms in total. The molecular weight excluding hydrogens is 216 g/mol. The van der Waals surface area contributed by atoms with Crippen molar-refractivity contribution in [3.63, 3.8) is 0 Å². The first kappa shape index (κ1) is 11.5. The number of rotatable bonds is 4. The average Bonchev–Trinajstić information content (AvgIpc) is 2.69. The highest BCUT2D eigenvalue weighted by Crippen LogP contribution is 2.20. The molecule has 1 aromatic rings.